The van der Waals surface area contributed by atoms with Crippen LogP contribution in [0.4, 0.5) is 0 Å². The second-order valence-corrected chi connectivity index (χ2v) is 7.27. The number of aliphatic carboxylic acids is 2. The molecule has 1 aliphatic heterocycles. The minimum absolute atomic E-state index is 0.0213. The molecule has 0 aliphatic carbocycles. The molecule has 3 N–H and O–H groups in total. The zero-order chi connectivity index (χ0) is 21.4. The van der Waals surface area contributed by atoms with Crippen LogP contribution in [0.2, 0.25) is 0 Å². The van der Waals surface area contributed by atoms with Crippen LogP contribution in [0.1, 0.15) is 44.6 Å². The number of amides is 2. The molecule has 8 nitrogen and oxygen atoms in total. The van der Waals surface area contributed by atoms with Crippen molar-refractivity contribution in [3.05, 3.63) is 35.9 Å². The molecule has 1 unspecified atom stereocenters. The Hall–Kier alpha value is -2.90. The number of carbonyl (C=O) groups is 4. The molecule has 1 aliphatic rings. The number of unbranched alkanes of at least 4 members (excludes halogenated alkanes) is 1. The number of β-lactam (4-membered cyclic amide) rings is 1. The van der Waals surface area contributed by atoms with Gasteiger partial charge in [0.05, 0.1) is 5.92 Å². The van der Waals surface area contributed by atoms with Crippen molar-refractivity contribution in [2.45, 2.75) is 57.5 Å². The highest BCUT2D eigenvalue weighted by molar-refractivity contribution is 5.99. The first-order chi connectivity index (χ1) is 13.9. The summed E-state index contributed by atoms with van der Waals surface area (Å²) in [5, 5.41) is 21.9. The van der Waals surface area contributed by atoms with Gasteiger partial charge in [0.15, 0.2) is 0 Å². The molecule has 0 spiro atoms. The van der Waals surface area contributed by atoms with E-state index in [1.807, 2.05) is 6.92 Å². The molecule has 2 amide bonds. The normalized spacial score (nSPS) is 19.3. The average molecular weight is 404 g/mol. The van der Waals surface area contributed by atoms with E-state index in [-0.39, 0.29) is 12.3 Å². The van der Waals surface area contributed by atoms with Crippen LogP contribution >= 0.6 is 0 Å². The van der Waals surface area contributed by atoms with Gasteiger partial charge in [-0.2, -0.15) is 0 Å². The predicted molar refractivity (Wildman–Crippen MR) is 105 cm³/mol. The van der Waals surface area contributed by atoms with E-state index < -0.39 is 35.8 Å². The second-order valence-electron chi connectivity index (χ2n) is 7.27. The highest BCUT2D eigenvalue weighted by Crippen LogP contribution is 2.34. The summed E-state index contributed by atoms with van der Waals surface area (Å²) in [4.78, 5) is 48.5. The zero-order valence-electron chi connectivity index (χ0n) is 16.5. The Labute approximate surface area is 169 Å². The van der Waals surface area contributed by atoms with Crippen LogP contribution in [0.3, 0.4) is 0 Å². The van der Waals surface area contributed by atoms with Gasteiger partial charge in [0, 0.05) is 19.4 Å². The van der Waals surface area contributed by atoms with Gasteiger partial charge >= 0.3 is 11.9 Å². The van der Waals surface area contributed by atoms with Gasteiger partial charge in [-0.1, -0.05) is 43.7 Å². The highest BCUT2D eigenvalue weighted by Gasteiger charge is 2.55. The van der Waals surface area contributed by atoms with Crippen LogP contribution in [-0.2, 0) is 25.6 Å². The van der Waals surface area contributed by atoms with Gasteiger partial charge in [-0.05, 0) is 24.8 Å². The number of nitrogens with one attached hydrogen (secondary N) is 1. The number of hydrogen-bond donors (Lipinski definition) is 3. The van der Waals surface area contributed by atoms with Crippen LogP contribution in [0.25, 0.3) is 0 Å². The topological polar surface area (TPSA) is 124 Å². The minimum atomic E-state index is -1.22. The first-order valence-corrected chi connectivity index (χ1v) is 9.95. The largest absolute Gasteiger partial charge is 0.480 e. The van der Waals surface area contributed by atoms with Gasteiger partial charge in [-0.3, -0.25) is 9.59 Å². The van der Waals surface area contributed by atoms with Gasteiger partial charge in [-0.25, -0.2) is 9.59 Å². The molecule has 0 radical (unpaired) electrons. The average Bonchev–Trinajstić information content (AvgIpc) is 2.68. The number of hydrogen-bond acceptors (Lipinski definition) is 4. The van der Waals surface area contributed by atoms with Crippen molar-refractivity contribution in [2.75, 3.05) is 6.54 Å². The van der Waals surface area contributed by atoms with Gasteiger partial charge in [0.1, 0.15) is 12.1 Å². The molecule has 0 saturated carbocycles. The predicted octanol–water partition coefficient (Wildman–Crippen LogP) is 1.68. The Balaban J connectivity index is 1.94. The molecule has 158 valence electrons. The first-order valence-electron chi connectivity index (χ1n) is 9.95. The first kappa shape index (κ1) is 22.4. The van der Waals surface area contributed by atoms with Gasteiger partial charge in [0.2, 0.25) is 11.8 Å². The summed E-state index contributed by atoms with van der Waals surface area (Å²) in [6.07, 6.45) is 2.87. The monoisotopic (exact) mass is 404 g/mol. The van der Waals surface area contributed by atoms with Crippen molar-refractivity contribution in [2.24, 2.45) is 5.92 Å². The highest BCUT2D eigenvalue weighted by atomic mass is 16.4. The third-order valence-corrected chi connectivity index (χ3v) is 5.14. The molecule has 1 heterocycles. The van der Waals surface area contributed by atoms with Crippen LogP contribution in [0.5, 0.6) is 0 Å². The number of likely N-dealkylation sites (tertiary alicyclic amines) is 1. The Morgan fingerprint density at radius 1 is 1.14 bits per heavy atom. The van der Waals surface area contributed by atoms with E-state index in [1.54, 1.807) is 30.3 Å². The van der Waals surface area contributed by atoms with Crippen LogP contribution in [-0.4, -0.2) is 57.5 Å². The van der Waals surface area contributed by atoms with Gasteiger partial charge < -0.3 is 20.4 Å². The second kappa shape index (κ2) is 10.6. The summed E-state index contributed by atoms with van der Waals surface area (Å²) in [6.45, 7) is 2.40. The van der Waals surface area contributed by atoms with E-state index in [9.17, 15) is 29.4 Å². The Bertz CT molecular complexity index is 736. The summed E-state index contributed by atoms with van der Waals surface area (Å²) in [5.74, 6) is -3.59. The molecule has 2 rings (SSSR count). The van der Waals surface area contributed by atoms with E-state index in [0.29, 0.717) is 32.2 Å². The van der Waals surface area contributed by atoms with Crippen LogP contribution in [0.15, 0.2) is 30.3 Å². The number of carboxylic acids is 2. The lowest BCUT2D eigenvalue weighted by atomic mass is 9.81. The Morgan fingerprint density at radius 3 is 2.41 bits per heavy atom. The van der Waals surface area contributed by atoms with E-state index in [1.165, 1.54) is 0 Å². The van der Waals surface area contributed by atoms with E-state index in [4.69, 9.17) is 0 Å². The van der Waals surface area contributed by atoms with Crippen LogP contribution in [0, 0.1) is 5.92 Å². The molecule has 1 fully saturated rings. The number of nitrogens with zero attached hydrogens (tertiary/aromatic N) is 1. The van der Waals surface area contributed by atoms with E-state index >= 15 is 0 Å². The maximum Gasteiger partial charge on any atom is 0.327 e. The zero-order valence-corrected chi connectivity index (χ0v) is 16.5. The van der Waals surface area contributed by atoms with Crippen molar-refractivity contribution in [1.82, 2.24) is 10.2 Å². The minimum Gasteiger partial charge on any atom is -0.480 e. The summed E-state index contributed by atoms with van der Waals surface area (Å²) in [5.41, 5.74) is 0.725. The molecule has 29 heavy (non-hydrogen) atoms. The van der Waals surface area contributed by atoms with Crippen molar-refractivity contribution in [3.8, 4) is 0 Å². The fourth-order valence-corrected chi connectivity index (χ4v) is 3.67. The molecule has 1 aromatic rings. The Morgan fingerprint density at radius 2 is 1.83 bits per heavy atom. The number of carboxylic acid groups (broad SMARTS) is 2. The molecule has 1 aromatic carbocycles. The molecule has 3 atom stereocenters. The van der Waals surface area contributed by atoms with E-state index in [2.05, 4.69) is 5.32 Å². The SMILES string of the molecule is CCCC(=O)NCCCC[C@H]1C(=O)N(C(Cc2ccccc2)C(=O)O)[C@H]1C(=O)O. The fourth-order valence-electron chi connectivity index (χ4n) is 3.67. The maximum absolute atomic E-state index is 12.6. The molecule has 8 heteroatoms. The standard InChI is InChI=1S/C21H28N2O6/c1-2-8-17(24)22-12-7-6-11-15-18(21(28)29)23(19(15)25)16(20(26)27)13-14-9-4-3-5-10-14/h3-5,9-10,15-16,18H,2,6-8,11-13H2,1H3,(H,22,24)(H,26,27)(H,28,29)/t15-,16?,18-/m1/s1. The quantitative estimate of drug-likeness (QED) is 0.360. The number of benzene rings is 1. The lowest BCUT2D eigenvalue weighted by Gasteiger charge is -2.47. The third-order valence-electron chi connectivity index (χ3n) is 5.14. The summed E-state index contributed by atoms with van der Waals surface area (Å²) >= 11 is 0. The van der Waals surface area contributed by atoms with E-state index in [0.717, 1.165) is 16.9 Å². The van der Waals surface area contributed by atoms with Gasteiger partial charge in [0.25, 0.3) is 0 Å². The smallest absolute Gasteiger partial charge is 0.327 e. The Kier molecular flexibility index (Phi) is 8.18. The van der Waals surface area contributed by atoms with Gasteiger partial charge in [-0.15, -0.1) is 0 Å². The number of carbonyl (C=O) groups excluding carboxylic acids is 2. The molecule has 0 aromatic heterocycles. The van der Waals surface area contributed by atoms with Crippen molar-refractivity contribution < 1.29 is 29.4 Å². The molecule has 0 bridgehead atoms. The lowest BCUT2D eigenvalue weighted by Crippen LogP contribution is -2.69. The summed E-state index contributed by atoms with van der Waals surface area (Å²) in [7, 11) is 0. The van der Waals surface area contributed by atoms with Crippen molar-refractivity contribution in [3.63, 3.8) is 0 Å². The fraction of sp³-hybridized carbons (Fsp3) is 0.524. The maximum atomic E-state index is 12.6. The molecule has 1 saturated heterocycles. The third kappa shape index (κ3) is 5.79. The summed E-state index contributed by atoms with van der Waals surface area (Å²) < 4.78 is 0. The number of rotatable bonds is 12. The molecular formula is C21H28N2O6. The molecular weight excluding hydrogens is 376 g/mol. The lowest BCUT2D eigenvalue weighted by molar-refractivity contribution is -0.180. The summed E-state index contributed by atoms with van der Waals surface area (Å²) in [6, 6.07) is 6.49. The van der Waals surface area contributed by atoms with Crippen molar-refractivity contribution in [1.29, 1.82) is 0 Å². The van der Waals surface area contributed by atoms with Crippen molar-refractivity contribution >= 4 is 23.8 Å². The van der Waals surface area contributed by atoms with Crippen LogP contribution < -0.4 is 5.32 Å².